The van der Waals surface area contributed by atoms with Gasteiger partial charge in [0.15, 0.2) is 5.49 Å². The monoisotopic (exact) mass is 486 g/mol. The minimum atomic E-state index is -0.672. The van der Waals surface area contributed by atoms with Crippen molar-refractivity contribution >= 4 is 28.6 Å². The van der Waals surface area contributed by atoms with E-state index in [1.54, 1.807) is 48.0 Å². The zero-order valence-corrected chi connectivity index (χ0v) is 20.1. The Morgan fingerprint density at radius 3 is 2.72 bits per heavy atom. The third-order valence-electron chi connectivity index (χ3n) is 6.28. The Balaban J connectivity index is 1.87. The van der Waals surface area contributed by atoms with Crippen LogP contribution >= 0.6 is 0 Å². The molecule has 1 amide bonds. The summed E-state index contributed by atoms with van der Waals surface area (Å²) in [5.41, 5.74) is 1.73. The van der Waals surface area contributed by atoms with Gasteiger partial charge in [-0.1, -0.05) is 24.3 Å². The fraction of sp³-hybridized carbons (Fsp3) is 0.296. The first-order chi connectivity index (χ1) is 17.5. The number of carbonyl (C=O) groups is 2. The summed E-state index contributed by atoms with van der Waals surface area (Å²) in [6.07, 6.45) is 3.15. The summed E-state index contributed by atoms with van der Waals surface area (Å²) in [6, 6.07) is 13.8. The molecule has 0 N–H and O–H groups in total. The molecule has 1 fully saturated rings. The largest absolute Gasteiger partial charge is 0.462 e. The lowest BCUT2D eigenvalue weighted by atomic mass is 10.1. The number of ether oxygens (including phenoxy) is 2. The molecule has 1 aliphatic heterocycles. The van der Waals surface area contributed by atoms with Crippen LogP contribution in [-0.2, 0) is 16.0 Å². The molecule has 0 spiro atoms. The molecule has 0 saturated carbocycles. The molecule has 36 heavy (non-hydrogen) atoms. The molecule has 0 bridgehead atoms. The van der Waals surface area contributed by atoms with Gasteiger partial charge < -0.3 is 14.0 Å². The average Bonchev–Trinajstić information content (AvgIpc) is 3.39. The van der Waals surface area contributed by atoms with Crippen LogP contribution in [0, 0.1) is 6.92 Å². The molecular formula is C27H26N4O5. The van der Waals surface area contributed by atoms with Crippen molar-refractivity contribution in [3.8, 4) is 0 Å². The molecule has 0 aliphatic carbocycles. The molecule has 9 nitrogen and oxygen atoms in total. The van der Waals surface area contributed by atoms with Gasteiger partial charge >= 0.3 is 5.97 Å². The third-order valence-corrected chi connectivity index (χ3v) is 6.28. The van der Waals surface area contributed by atoms with E-state index in [2.05, 4.69) is 4.99 Å². The van der Waals surface area contributed by atoms with E-state index in [0.29, 0.717) is 23.5 Å². The molecule has 1 unspecified atom stereocenters. The second-order valence-electron chi connectivity index (χ2n) is 8.66. The number of hydrogen-bond acceptors (Lipinski definition) is 6. The van der Waals surface area contributed by atoms with Gasteiger partial charge in [0.2, 0.25) is 0 Å². The molecule has 9 heteroatoms. The van der Waals surface area contributed by atoms with Crippen molar-refractivity contribution in [3.05, 3.63) is 87.3 Å². The van der Waals surface area contributed by atoms with E-state index in [1.807, 2.05) is 19.1 Å². The fourth-order valence-corrected chi connectivity index (χ4v) is 4.49. The number of pyridine rings is 2. The van der Waals surface area contributed by atoms with Crippen LogP contribution in [0.2, 0.25) is 0 Å². The van der Waals surface area contributed by atoms with Gasteiger partial charge in [-0.2, -0.15) is 4.99 Å². The highest BCUT2D eigenvalue weighted by atomic mass is 16.5. The highest BCUT2D eigenvalue weighted by molar-refractivity contribution is 5.98. The number of aromatic nitrogens is 3. The number of rotatable bonds is 5. The average molecular weight is 487 g/mol. The Kier molecular flexibility index (Phi) is 6.47. The van der Waals surface area contributed by atoms with E-state index in [1.165, 1.54) is 10.5 Å². The van der Waals surface area contributed by atoms with Crippen LogP contribution in [0.4, 0.5) is 0 Å². The molecule has 4 heterocycles. The Labute approximate surface area is 206 Å². The number of nitrogens with zero attached hydrogens (tertiary/aromatic N) is 4. The topological polar surface area (TPSA) is 104 Å². The predicted octanol–water partition coefficient (Wildman–Crippen LogP) is 3.05. The van der Waals surface area contributed by atoms with Crippen molar-refractivity contribution in [1.29, 1.82) is 0 Å². The van der Waals surface area contributed by atoms with E-state index in [4.69, 9.17) is 14.5 Å². The summed E-state index contributed by atoms with van der Waals surface area (Å²) < 4.78 is 14.2. The molecule has 3 aromatic heterocycles. The van der Waals surface area contributed by atoms with Crippen LogP contribution in [0.1, 0.15) is 46.0 Å². The molecular weight excluding hydrogens is 460 g/mol. The molecule has 1 saturated heterocycles. The Morgan fingerprint density at radius 2 is 1.97 bits per heavy atom. The molecule has 1 aliphatic rings. The Morgan fingerprint density at radius 1 is 1.17 bits per heavy atom. The lowest BCUT2D eigenvalue weighted by Gasteiger charge is -2.18. The van der Waals surface area contributed by atoms with Gasteiger partial charge in [0.05, 0.1) is 24.6 Å². The van der Waals surface area contributed by atoms with Gasteiger partial charge in [-0.05, 0) is 56.5 Å². The lowest BCUT2D eigenvalue weighted by molar-refractivity contribution is 0.0521. The summed E-state index contributed by atoms with van der Waals surface area (Å²) in [6.45, 7) is 4.54. The highest BCUT2D eigenvalue weighted by Gasteiger charge is 2.24. The summed E-state index contributed by atoms with van der Waals surface area (Å²) in [5.74, 6) is -1.18. The molecule has 4 aromatic rings. The maximum atomic E-state index is 13.4. The smallest absolute Gasteiger partial charge is 0.341 e. The molecule has 0 radical (unpaired) electrons. The van der Waals surface area contributed by atoms with E-state index in [0.717, 1.165) is 18.4 Å². The van der Waals surface area contributed by atoms with Gasteiger partial charge in [0, 0.05) is 18.4 Å². The number of benzene rings is 1. The SMILES string of the molecule is CCOC(=O)c1cc2c(=O)n3ccccc3nc2n(CC2CCCO2)c1=NC(=O)c1ccccc1C. The number of amides is 1. The normalized spacial score (nSPS) is 16.1. The van der Waals surface area contributed by atoms with E-state index < -0.39 is 11.9 Å². The number of aryl methyl sites for hydroxylation is 1. The van der Waals surface area contributed by atoms with E-state index in [9.17, 15) is 14.4 Å². The zero-order valence-electron chi connectivity index (χ0n) is 20.1. The fourth-order valence-electron chi connectivity index (χ4n) is 4.49. The van der Waals surface area contributed by atoms with E-state index in [-0.39, 0.29) is 41.3 Å². The predicted molar refractivity (Wildman–Crippen MR) is 133 cm³/mol. The van der Waals surface area contributed by atoms with Crippen molar-refractivity contribution in [3.63, 3.8) is 0 Å². The summed E-state index contributed by atoms with van der Waals surface area (Å²) >= 11 is 0. The quantitative estimate of drug-likeness (QED) is 0.317. The standard InChI is InChI=1S/C27H26N4O5/c1-3-35-27(34)21-15-20-23(28-22-12-6-7-13-30(22)26(20)33)31(16-18-10-8-14-36-18)24(21)29-25(32)19-11-5-4-9-17(19)2/h4-7,9,11-13,15,18H,3,8,10,14,16H2,1-2H3. The first-order valence-electron chi connectivity index (χ1n) is 12.0. The number of hydrogen-bond donors (Lipinski definition) is 0. The lowest BCUT2D eigenvalue weighted by Crippen LogP contribution is -2.35. The molecule has 1 aromatic carbocycles. The van der Waals surface area contributed by atoms with Crippen LogP contribution in [0.3, 0.4) is 0 Å². The van der Waals surface area contributed by atoms with Gasteiger partial charge in [-0.15, -0.1) is 0 Å². The minimum absolute atomic E-state index is 0.0269. The number of fused-ring (bicyclic) bond motifs is 2. The van der Waals surface area contributed by atoms with Gasteiger partial charge in [0.25, 0.3) is 11.5 Å². The first-order valence-corrected chi connectivity index (χ1v) is 12.0. The zero-order chi connectivity index (χ0) is 25.2. The Bertz CT molecular complexity index is 1610. The number of esters is 1. The second-order valence-corrected chi connectivity index (χ2v) is 8.66. The third kappa shape index (κ3) is 4.33. The molecule has 184 valence electrons. The Hall–Kier alpha value is -4.11. The van der Waals surface area contributed by atoms with Gasteiger partial charge in [-0.25, -0.2) is 9.78 Å². The van der Waals surface area contributed by atoms with Crippen LogP contribution in [0.5, 0.6) is 0 Å². The van der Waals surface area contributed by atoms with Crippen molar-refractivity contribution < 1.29 is 19.1 Å². The summed E-state index contributed by atoms with van der Waals surface area (Å²) in [5, 5.41) is 0.224. The van der Waals surface area contributed by atoms with Crippen molar-refractivity contribution in [2.45, 2.75) is 39.3 Å². The van der Waals surface area contributed by atoms with E-state index >= 15 is 0 Å². The first kappa shape index (κ1) is 23.6. The van der Waals surface area contributed by atoms with Crippen molar-refractivity contribution in [1.82, 2.24) is 14.0 Å². The van der Waals surface area contributed by atoms with Crippen molar-refractivity contribution in [2.75, 3.05) is 13.2 Å². The second kappa shape index (κ2) is 9.87. The van der Waals surface area contributed by atoms with Crippen LogP contribution in [-0.4, -0.2) is 45.1 Å². The highest BCUT2D eigenvalue weighted by Crippen LogP contribution is 2.18. The van der Waals surface area contributed by atoms with Crippen LogP contribution in [0.25, 0.3) is 16.7 Å². The van der Waals surface area contributed by atoms with Gasteiger partial charge in [-0.3, -0.25) is 14.0 Å². The summed E-state index contributed by atoms with van der Waals surface area (Å²) in [4.78, 5) is 49.0. The maximum absolute atomic E-state index is 13.4. The van der Waals surface area contributed by atoms with Crippen molar-refractivity contribution in [2.24, 2.45) is 4.99 Å². The minimum Gasteiger partial charge on any atom is -0.462 e. The molecule has 5 rings (SSSR count). The maximum Gasteiger partial charge on any atom is 0.341 e. The van der Waals surface area contributed by atoms with Crippen LogP contribution < -0.4 is 11.0 Å². The number of carbonyl (C=O) groups excluding carboxylic acids is 2. The van der Waals surface area contributed by atoms with Crippen LogP contribution in [0.15, 0.2) is 64.5 Å². The van der Waals surface area contributed by atoms with Gasteiger partial charge in [0.1, 0.15) is 16.9 Å². The molecule has 1 atom stereocenters. The summed E-state index contributed by atoms with van der Waals surface area (Å²) in [7, 11) is 0.